The highest BCUT2D eigenvalue weighted by Crippen LogP contribution is 2.39. The summed E-state index contributed by atoms with van der Waals surface area (Å²) < 4.78 is 15.5. The minimum absolute atomic E-state index is 0.167. The molecule has 0 bridgehead atoms. The van der Waals surface area contributed by atoms with Crippen molar-refractivity contribution in [2.45, 2.75) is 32.2 Å². The molecule has 0 aliphatic heterocycles. The van der Waals surface area contributed by atoms with Gasteiger partial charge in [0, 0.05) is 0 Å². The summed E-state index contributed by atoms with van der Waals surface area (Å²) >= 11 is 0. The Balaban J connectivity index is 1.69. The Labute approximate surface area is 146 Å². The number of benzene rings is 1. The predicted molar refractivity (Wildman–Crippen MR) is 88.9 cm³/mol. The first-order valence-electron chi connectivity index (χ1n) is 8.20. The average molecular weight is 346 g/mol. The molecule has 1 amide bonds. The Morgan fingerprint density at radius 2 is 1.80 bits per heavy atom. The number of carbonyl (C=O) groups is 2. The zero-order valence-corrected chi connectivity index (χ0v) is 14.4. The topological polar surface area (TPSA) is 97.7 Å². The van der Waals surface area contributed by atoms with Crippen molar-refractivity contribution in [2.75, 3.05) is 19.8 Å². The van der Waals surface area contributed by atoms with Crippen LogP contribution < -0.4 is 14.8 Å². The number of hydrogen-bond donors (Lipinski definition) is 1. The normalized spacial score (nSPS) is 15.4. The summed E-state index contributed by atoms with van der Waals surface area (Å²) in [6.45, 7) is 3.40. The van der Waals surface area contributed by atoms with Gasteiger partial charge in [-0.2, -0.15) is 5.26 Å². The molecule has 1 aliphatic carbocycles. The molecule has 0 unspecified atom stereocenters. The highest BCUT2D eigenvalue weighted by atomic mass is 16.6. The summed E-state index contributed by atoms with van der Waals surface area (Å²) in [6, 6.07) is 8.94. The molecule has 0 saturated heterocycles. The van der Waals surface area contributed by atoms with E-state index < -0.39 is 24.0 Å². The van der Waals surface area contributed by atoms with Gasteiger partial charge < -0.3 is 19.5 Å². The van der Waals surface area contributed by atoms with Gasteiger partial charge in [-0.3, -0.25) is 4.79 Å². The Kier molecular flexibility index (Phi) is 6.23. The van der Waals surface area contributed by atoms with Crippen LogP contribution in [0.5, 0.6) is 11.5 Å². The van der Waals surface area contributed by atoms with Crippen LogP contribution >= 0.6 is 0 Å². The number of nitrogens with one attached hydrogen (secondary N) is 1. The van der Waals surface area contributed by atoms with E-state index in [4.69, 9.17) is 14.2 Å². The van der Waals surface area contributed by atoms with E-state index in [1.165, 1.54) is 0 Å². The zero-order valence-electron chi connectivity index (χ0n) is 14.4. The van der Waals surface area contributed by atoms with Gasteiger partial charge in [-0.15, -0.1) is 0 Å². The van der Waals surface area contributed by atoms with E-state index in [2.05, 4.69) is 11.4 Å². The first-order valence-corrected chi connectivity index (χ1v) is 8.20. The summed E-state index contributed by atoms with van der Waals surface area (Å²) in [6.07, 6.45) is 1.83. The van der Waals surface area contributed by atoms with E-state index in [9.17, 15) is 14.9 Å². The smallest absolute Gasteiger partial charge is 0.344 e. The third kappa shape index (κ3) is 5.68. The molecule has 1 saturated carbocycles. The second-order valence-electron chi connectivity index (χ2n) is 5.99. The molecule has 134 valence electrons. The molecule has 0 heterocycles. The van der Waals surface area contributed by atoms with Gasteiger partial charge in [0.05, 0.1) is 12.7 Å². The first-order chi connectivity index (χ1) is 12.0. The molecule has 0 radical (unpaired) electrons. The van der Waals surface area contributed by atoms with Crippen LogP contribution in [-0.2, 0) is 14.3 Å². The molecule has 25 heavy (non-hydrogen) atoms. The number of rotatable bonds is 9. The van der Waals surface area contributed by atoms with Crippen LogP contribution in [0.25, 0.3) is 0 Å². The van der Waals surface area contributed by atoms with Gasteiger partial charge in [-0.25, -0.2) is 4.79 Å². The molecule has 0 aromatic heterocycles. The lowest BCUT2D eigenvalue weighted by Gasteiger charge is -2.22. The number of carbonyl (C=O) groups excluding carboxylic acids is 2. The quantitative estimate of drug-likeness (QED) is 0.685. The maximum Gasteiger partial charge on any atom is 0.344 e. The molecule has 1 atom stereocenters. The van der Waals surface area contributed by atoms with Crippen molar-refractivity contribution in [2.24, 2.45) is 5.92 Å². The third-order valence-corrected chi connectivity index (χ3v) is 3.88. The number of hydrogen-bond acceptors (Lipinski definition) is 6. The van der Waals surface area contributed by atoms with Crippen LogP contribution in [0.15, 0.2) is 24.3 Å². The third-order valence-electron chi connectivity index (χ3n) is 3.88. The van der Waals surface area contributed by atoms with Gasteiger partial charge in [-0.05, 0) is 56.9 Å². The lowest BCUT2D eigenvalue weighted by Crippen LogP contribution is -2.48. The van der Waals surface area contributed by atoms with Gasteiger partial charge in [0.15, 0.2) is 13.2 Å². The van der Waals surface area contributed by atoms with Crippen LogP contribution in [0.2, 0.25) is 0 Å². The van der Waals surface area contributed by atoms with Gasteiger partial charge >= 0.3 is 5.97 Å². The SMILES string of the molecule is CCOc1ccc(OCC(=O)OCC(=O)N[C@](C)(C#N)C2CC2)cc1. The van der Waals surface area contributed by atoms with Crippen molar-refractivity contribution in [3.05, 3.63) is 24.3 Å². The molecule has 1 fully saturated rings. The highest BCUT2D eigenvalue weighted by Gasteiger charge is 2.43. The standard InChI is InChI=1S/C18H22N2O5/c1-3-23-14-6-8-15(9-7-14)24-11-17(22)25-10-16(21)20-18(2,12-19)13-4-5-13/h6-9,13H,3-5,10-11H2,1-2H3,(H,20,21)/t18-/m1/s1. The van der Waals surface area contributed by atoms with Crippen LogP contribution in [0.4, 0.5) is 0 Å². The number of esters is 1. The molecule has 1 aromatic rings. The monoisotopic (exact) mass is 346 g/mol. The first kappa shape index (κ1) is 18.6. The van der Waals surface area contributed by atoms with Crippen molar-refractivity contribution >= 4 is 11.9 Å². The van der Waals surface area contributed by atoms with Crippen molar-refractivity contribution in [3.8, 4) is 17.6 Å². The predicted octanol–water partition coefficient (Wildman–Crippen LogP) is 1.82. The molecule has 1 N–H and O–H groups in total. The van der Waals surface area contributed by atoms with E-state index >= 15 is 0 Å². The van der Waals surface area contributed by atoms with E-state index in [0.29, 0.717) is 18.1 Å². The average Bonchev–Trinajstić information content (AvgIpc) is 3.45. The molecular formula is C18H22N2O5. The number of ether oxygens (including phenoxy) is 3. The molecule has 0 spiro atoms. The van der Waals surface area contributed by atoms with Gasteiger partial charge in [0.25, 0.3) is 5.91 Å². The summed E-state index contributed by atoms with van der Waals surface area (Å²) in [5.74, 6) is 0.223. The number of nitriles is 1. The van der Waals surface area contributed by atoms with Crippen LogP contribution in [-0.4, -0.2) is 37.2 Å². The van der Waals surface area contributed by atoms with Gasteiger partial charge in [0.1, 0.15) is 17.0 Å². The lowest BCUT2D eigenvalue weighted by molar-refractivity contribution is -0.150. The second-order valence-corrected chi connectivity index (χ2v) is 5.99. The zero-order chi connectivity index (χ0) is 18.3. The number of nitrogens with zero attached hydrogens (tertiary/aromatic N) is 1. The Morgan fingerprint density at radius 3 is 2.32 bits per heavy atom. The van der Waals surface area contributed by atoms with E-state index in [0.717, 1.165) is 12.8 Å². The van der Waals surface area contributed by atoms with Crippen molar-refractivity contribution < 1.29 is 23.8 Å². The Hall–Kier alpha value is -2.75. The Bertz CT molecular complexity index is 648. The minimum Gasteiger partial charge on any atom is -0.494 e. The maximum absolute atomic E-state index is 11.8. The van der Waals surface area contributed by atoms with Crippen LogP contribution in [0.3, 0.4) is 0 Å². The van der Waals surface area contributed by atoms with E-state index in [1.807, 2.05) is 6.92 Å². The lowest BCUT2D eigenvalue weighted by atomic mass is 9.98. The fourth-order valence-corrected chi connectivity index (χ4v) is 2.34. The highest BCUT2D eigenvalue weighted by molar-refractivity contribution is 5.81. The second kappa shape index (κ2) is 8.38. The maximum atomic E-state index is 11.8. The fourth-order valence-electron chi connectivity index (χ4n) is 2.34. The van der Waals surface area contributed by atoms with Crippen molar-refractivity contribution in [1.82, 2.24) is 5.32 Å². The minimum atomic E-state index is -0.900. The molecule has 1 aromatic carbocycles. The van der Waals surface area contributed by atoms with Crippen LogP contribution in [0.1, 0.15) is 26.7 Å². The van der Waals surface area contributed by atoms with Crippen molar-refractivity contribution in [3.63, 3.8) is 0 Å². The summed E-state index contributed by atoms with van der Waals surface area (Å²) in [5, 5.41) is 11.8. The van der Waals surface area contributed by atoms with Crippen molar-refractivity contribution in [1.29, 1.82) is 5.26 Å². The summed E-state index contributed by atoms with van der Waals surface area (Å²) in [7, 11) is 0. The largest absolute Gasteiger partial charge is 0.494 e. The fraction of sp³-hybridized carbons (Fsp3) is 0.500. The molecule has 1 aliphatic rings. The molecule has 2 rings (SSSR count). The van der Waals surface area contributed by atoms with Gasteiger partial charge in [-0.1, -0.05) is 0 Å². The Morgan fingerprint density at radius 1 is 1.20 bits per heavy atom. The molecule has 7 heteroatoms. The van der Waals surface area contributed by atoms with Crippen LogP contribution in [0, 0.1) is 17.2 Å². The number of amides is 1. The summed E-state index contributed by atoms with van der Waals surface area (Å²) in [5.41, 5.74) is -0.900. The summed E-state index contributed by atoms with van der Waals surface area (Å²) in [4.78, 5) is 23.5. The van der Waals surface area contributed by atoms with Gasteiger partial charge in [0.2, 0.25) is 0 Å². The molecule has 7 nitrogen and oxygen atoms in total. The molecular weight excluding hydrogens is 324 g/mol. The van der Waals surface area contributed by atoms with E-state index in [-0.39, 0.29) is 12.5 Å². The van der Waals surface area contributed by atoms with E-state index in [1.54, 1.807) is 31.2 Å².